The van der Waals surface area contributed by atoms with Crippen molar-refractivity contribution in [3.05, 3.63) is 68.1 Å². The van der Waals surface area contributed by atoms with Crippen molar-refractivity contribution in [3.8, 4) is 0 Å². The predicted octanol–water partition coefficient (Wildman–Crippen LogP) is 3.43. The lowest BCUT2D eigenvalue weighted by Crippen LogP contribution is -2.53. The molecule has 3 fully saturated rings. The van der Waals surface area contributed by atoms with E-state index in [0.717, 1.165) is 79.5 Å². The number of hydrogen-bond donors (Lipinski definition) is 1. The van der Waals surface area contributed by atoms with Gasteiger partial charge in [-0.1, -0.05) is 0 Å². The van der Waals surface area contributed by atoms with Crippen molar-refractivity contribution in [2.75, 3.05) is 76.9 Å². The number of fused-ring (bicyclic) bond motifs is 3. The van der Waals surface area contributed by atoms with Crippen LogP contribution in [0, 0.1) is 13.8 Å². The summed E-state index contributed by atoms with van der Waals surface area (Å²) in [5.41, 5.74) is 5.66. The van der Waals surface area contributed by atoms with E-state index in [1.54, 1.807) is 24.1 Å². The maximum atomic E-state index is 14.1. The molecule has 52 heavy (non-hydrogen) atoms. The highest BCUT2D eigenvalue weighted by Crippen LogP contribution is 2.37. The Balaban J connectivity index is 1.16. The van der Waals surface area contributed by atoms with E-state index in [9.17, 15) is 22.8 Å². The molecule has 3 aromatic rings. The van der Waals surface area contributed by atoms with Crippen molar-refractivity contribution in [2.45, 2.75) is 71.0 Å². The van der Waals surface area contributed by atoms with E-state index in [0.29, 0.717) is 55.1 Å². The molecule has 13 nitrogen and oxygen atoms in total. The molecule has 3 aliphatic heterocycles. The first-order chi connectivity index (χ1) is 24.9. The van der Waals surface area contributed by atoms with Crippen molar-refractivity contribution >= 4 is 44.4 Å². The van der Waals surface area contributed by atoms with Gasteiger partial charge < -0.3 is 23.9 Å². The number of hydrogen-bond acceptors (Lipinski definition) is 10. The van der Waals surface area contributed by atoms with Crippen molar-refractivity contribution < 1.29 is 27.2 Å². The molecule has 1 aromatic heterocycles. The molecule has 1 saturated carbocycles. The number of nitrogens with zero attached hydrogens (tertiary/aromatic N) is 5. The van der Waals surface area contributed by atoms with Gasteiger partial charge in [-0.15, -0.1) is 0 Å². The summed E-state index contributed by atoms with van der Waals surface area (Å²) in [7, 11) is 1.74. The van der Waals surface area contributed by atoms with E-state index in [1.807, 2.05) is 18.9 Å². The summed E-state index contributed by atoms with van der Waals surface area (Å²) >= 11 is 0. The number of nitrogens with one attached hydrogen (secondary N) is 1. The molecular weight excluding hydrogens is 685 g/mol. The highest BCUT2D eigenvalue weighted by molar-refractivity contribution is 7.87. The van der Waals surface area contributed by atoms with Crippen molar-refractivity contribution in [2.24, 2.45) is 0 Å². The van der Waals surface area contributed by atoms with Crippen LogP contribution in [-0.2, 0) is 27.9 Å². The molecule has 1 aliphatic carbocycles. The minimum atomic E-state index is -3.98. The molecule has 4 heterocycles. The van der Waals surface area contributed by atoms with Gasteiger partial charge >= 0.3 is 15.8 Å². The molecule has 2 amide bonds. The fourth-order valence-electron chi connectivity index (χ4n) is 8.26. The molecule has 14 heteroatoms. The number of ether oxygens (including phenoxy) is 1. The van der Waals surface area contributed by atoms with E-state index in [1.165, 1.54) is 10.4 Å². The molecule has 1 N–H and O–H groups in total. The van der Waals surface area contributed by atoms with Crippen LogP contribution in [0.4, 0.5) is 11.4 Å². The third-order valence-electron chi connectivity index (χ3n) is 11.7. The van der Waals surface area contributed by atoms with Crippen LogP contribution in [0.1, 0.15) is 75.1 Å². The van der Waals surface area contributed by atoms with Crippen LogP contribution < -0.4 is 20.1 Å². The molecule has 1 atom stereocenters. The molecule has 0 unspecified atom stereocenters. The highest BCUT2D eigenvalue weighted by atomic mass is 32.2. The van der Waals surface area contributed by atoms with Crippen molar-refractivity contribution in [1.29, 1.82) is 0 Å². The Morgan fingerprint density at radius 3 is 2.46 bits per heavy atom. The zero-order chi connectivity index (χ0) is 36.9. The van der Waals surface area contributed by atoms with Crippen LogP contribution >= 0.6 is 0 Å². The first-order valence-electron chi connectivity index (χ1n) is 18.4. The molecule has 4 aliphatic rings. The average molecular weight is 735 g/mol. The zero-order valence-electron chi connectivity index (χ0n) is 30.9. The Morgan fingerprint density at radius 1 is 1.02 bits per heavy atom. The van der Waals surface area contributed by atoms with Gasteiger partial charge in [0.15, 0.2) is 0 Å². The highest BCUT2D eigenvalue weighted by Gasteiger charge is 2.33. The van der Waals surface area contributed by atoms with Gasteiger partial charge in [0, 0.05) is 81.7 Å². The molecule has 2 saturated heterocycles. The lowest BCUT2D eigenvalue weighted by Gasteiger charge is -2.41. The van der Waals surface area contributed by atoms with E-state index in [2.05, 4.69) is 34.6 Å². The minimum Gasteiger partial charge on any atom is -0.422 e. The van der Waals surface area contributed by atoms with Gasteiger partial charge in [-0.2, -0.15) is 12.7 Å². The van der Waals surface area contributed by atoms with E-state index in [4.69, 9.17) is 9.15 Å². The van der Waals surface area contributed by atoms with Crippen LogP contribution in [0.15, 0.2) is 33.5 Å². The summed E-state index contributed by atoms with van der Waals surface area (Å²) in [4.78, 5) is 49.5. The standard InChI is InChI=1S/C38H50N6O7S/c1-24-19-32(42-18-17-40(3)28(21-42)23-50-5)25(2)35-34(24)29-13-16-43(22-31(29)38(47)51-35)37(46)26-11-12-30(33(20-26)41(4)27-9-8-10-27)36(45)39-52(48,49)44-14-6-7-15-44/h11-12,19-20,27-28H,6-10,13-18,21-23H2,1-5H3,(H,39,45)/t28-/m1/s1. The minimum absolute atomic E-state index is 0.105. The Hall–Kier alpha value is -3.98. The third kappa shape index (κ3) is 6.70. The number of anilines is 2. The number of piperazine rings is 1. The number of rotatable bonds is 9. The second-order valence-corrected chi connectivity index (χ2v) is 16.5. The SMILES string of the molecule is COC[C@H]1CN(c2cc(C)c3c4c(c(=O)oc3c2C)CN(C(=O)c2ccc(C(=O)NS(=O)(=O)N3CCCC3)c(N(C)C3CCC3)c2)CC4)CCN1C. The number of benzene rings is 2. The first-order valence-corrected chi connectivity index (χ1v) is 19.8. The number of likely N-dealkylation sites (N-methyl/N-ethyl adjacent to an activating group) is 1. The second kappa shape index (κ2) is 14.4. The summed E-state index contributed by atoms with van der Waals surface area (Å²) in [5.74, 6) is -0.992. The van der Waals surface area contributed by atoms with E-state index < -0.39 is 21.7 Å². The lowest BCUT2D eigenvalue weighted by molar-refractivity contribution is 0.0732. The van der Waals surface area contributed by atoms with Gasteiger partial charge in [-0.25, -0.2) is 9.52 Å². The van der Waals surface area contributed by atoms with Crippen LogP contribution in [0.25, 0.3) is 11.0 Å². The summed E-state index contributed by atoms with van der Waals surface area (Å²) in [6.07, 6.45) is 4.96. The summed E-state index contributed by atoms with van der Waals surface area (Å²) < 4.78 is 41.0. The maximum absolute atomic E-state index is 14.1. The number of carbonyl (C=O) groups is 2. The summed E-state index contributed by atoms with van der Waals surface area (Å²) in [6.45, 7) is 8.54. The summed E-state index contributed by atoms with van der Waals surface area (Å²) in [5, 5.41) is 0.939. The van der Waals surface area contributed by atoms with E-state index >= 15 is 0 Å². The Kier molecular flexibility index (Phi) is 10.1. The van der Waals surface area contributed by atoms with Gasteiger partial charge in [0.25, 0.3) is 11.8 Å². The Labute approximate surface area is 305 Å². The van der Waals surface area contributed by atoms with Gasteiger partial charge in [0.1, 0.15) is 5.58 Å². The molecule has 0 radical (unpaired) electrons. The maximum Gasteiger partial charge on any atom is 0.341 e. The zero-order valence-corrected chi connectivity index (χ0v) is 31.7. The monoisotopic (exact) mass is 734 g/mol. The second-order valence-electron chi connectivity index (χ2n) is 14.9. The normalized spacial score (nSPS) is 20.2. The molecule has 2 aromatic carbocycles. The van der Waals surface area contributed by atoms with Gasteiger partial charge in [0.05, 0.1) is 36.0 Å². The average Bonchev–Trinajstić information content (AvgIpc) is 3.66. The molecule has 280 valence electrons. The quantitative estimate of drug-likeness (QED) is 0.326. The molecule has 0 bridgehead atoms. The van der Waals surface area contributed by atoms with Gasteiger partial charge in [-0.3, -0.25) is 14.5 Å². The fourth-order valence-corrected chi connectivity index (χ4v) is 9.47. The van der Waals surface area contributed by atoms with Crippen LogP contribution in [0.3, 0.4) is 0 Å². The largest absolute Gasteiger partial charge is 0.422 e. The van der Waals surface area contributed by atoms with Crippen LogP contribution in [0.5, 0.6) is 0 Å². The predicted molar refractivity (Wildman–Crippen MR) is 201 cm³/mol. The fraction of sp³-hybridized carbons (Fsp3) is 0.553. The first kappa shape index (κ1) is 36.4. The molecule has 0 spiro atoms. The van der Waals surface area contributed by atoms with E-state index in [-0.39, 0.29) is 30.1 Å². The third-order valence-corrected chi connectivity index (χ3v) is 13.2. The smallest absolute Gasteiger partial charge is 0.341 e. The van der Waals surface area contributed by atoms with Crippen LogP contribution in [0.2, 0.25) is 0 Å². The van der Waals surface area contributed by atoms with Crippen molar-refractivity contribution in [3.63, 3.8) is 0 Å². The number of amides is 2. The number of carbonyl (C=O) groups excluding carboxylic acids is 2. The number of aryl methyl sites for hydroxylation is 2. The van der Waals surface area contributed by atoms with Gasteiger partial charge in [0.2, 0.25) is 0 Å². The topological polar surface area (TPSA) is 136 Å². The molecular formula is C38H50N6O7S. The van der Waals surface area contributed by atoms with Gasteiger partial charge in [-0.05, 0) is 94.8 Å². The number of methoxy groups -OCH3 is 1. The van der Waals surface area contributed by atoms with Crippen LogP contribution in [-0.4, -0.2) is 114 Å². The Bertz CT molecular complexity index is 2060. The molecule has 7 rings (SSSR count). The lowest BCUT2D eigenvalue weighted by atomic mass is 9.90. The summed E-state index contributed by atoms with van der Waals surface area (Å²) in [6, 6.07) is 7.42. The Morgan fingerprint density at radius 2 is 1.77 bits per heavy atom. The van der Waals surface area contributed by atoms with Crippen molar-refractivity contribution in [1.82, 2.24) is 18.8 Å².